The minimum absolute atomic E-state index is 0.230. The fourth-order valence-corrected chi connectivity index (χ4v) is 3.65. The molecule has 1 atom stereocenters. The summed E-state index contributed by atoms with van der Waals surface area (Å²) in [5.74, 6) is 0.572. The third-order valence-electron chi connectivity index (χ3n) is 2.97. The SMILES string of the molecule is Cc1nn(C)c(C)c1S(=O)(=O)NC(C)c1ncc[nH]1. The Balaban J connectivity index is 2.33. The Hall–Kier alpha value is -1.67. The second kappa shape index (κ2) is 4.78. The molecule has 0 saturated heterocycles. The largest absolute Gasteiger partial charge is 0.347 e. The molecular weight excluding hydrogens is 266 g/mol. The molecule has 0 aliphatic rings. The normalized spacial score (nSPS) is 13.7. The molecule has 104 valence electrons. The number of sulfonamides is 1. The van der Waals surface area contributed by atoms with Crippen molar-refractivity contribution in [2.45, 2.75) is 31.7 Å². The fraction of sp³-hybridized carbons (Fsp3) is 0.455. The molecule has 0 aliphatic heterocycles. The molecule has 2 N–H and O–H groups in total. The molecule has 0 radical (unpaired) electrons. The van der Waals surface area contributed by atoms with Gasteiger partial charge in [-0.2, -0.15) is 5.10 Å². The predicted molar refractivity (Wildman–Crippen MR) is 70.0 cm³/mol. The van der Waals surface area contributed by atoms with Gasteiger partial charge in [-0.25, -0.2) is 18.1 Å². The Kier molecular flexibility index (Phi) is 3.46. The lowest BCUT2D eigenvalue weighted by Gasteiger charge is -2.12. The molecule has 0 saturated carbocycles. The summed E-state index contributed by atoms with van der Waals surface area (Å²) < 4.78 is 28.9. The van der Waals surface area contributed by atoms with Gasteiger partial charge >= 0.3 is 0 Å². The van der Waals surface area contributed by atoms with E-state index in [1.165, 1.54) is 0 Å². The molecular formula is C11H17N5O2S. The summed E-state index contributed by atoms with van der Waals surface area (Å²) in [4.78, 5) is 7.16. The minimum Gasteiger partial charge on any atom is -0.347 e. The van der Waals surface area contributed by atoms with Crippen LogP contribution in [-0.4, -0.2) is 28.2 Å². The number of aromatic amines is 1. The van der Waals surface area contributed by atoms with Crippen LogP contribution in [0.2, 0.25) is 0 Å². The Labute approximate surface area is 112 Å². The molecule has 0 spiro atoms. The summed E-state index contributed by atoms with van der Waals surface area (Å²) in [5.41, 5.74) is 1.09. The molecule has 0 aliphatic carbocycles. The maximum Gasteiger partial charge on any atom is 0.244 e. The molecule has 2 heterocycles. The van der Waals surface area contributed by atoms with Crippen molar-refractivity contribution in [2.75, 3.05) is 0 Å². The number of H-pyrrole nitrogens is 1. The first-order valence-corrected chi connectivity index (χ1v) is 7.33. The van der Waals surface area contributed by atoms with E-state index in [-0.39, 0.29) is 4.90 Å². The highest BCUT2D eigenvalue weighted by atomic mass is 32.2. The standard InChI is InChI=1S/C11H17N5O2S/c1-7-10(9(3)16(4)14-7)19(17,18)15-8(2)11-12-5-6-13-11/h5-6,8,15H,1-4H3,(H,12,13). The summed E-state index contributed by atoms with van der Waals surface area (Å²) in [6.07, 6.45) is 3.24. The van der Waals surface area contributed by atoms with Gasteiger partial charge in [0.15, 0.2) is 0 Å². The van der Waals surface area contributed by atoms with Gasteiger partial charge in [-0.1, -0.05) is 0 Å². The van der Waals surface area contributed by atoms with Gasteiger partial charge in [-0.3, -0.25) is 4.68 Å². The van der Waals surface area contributed by atoms with E-state index in [4.69, 9.17) is 0 Å². The number of imidazole rings is 1. The van der Waals surface area contributed by atoms with Crippen LogP contribution >= 0.6 is 0 Å². The van der Waals surface area contributed by atoms with Crippen LogP contribution in [0, 0.1) is 13.8 Å². The van der Waals surface area contributed by atoms with Crippen molar-refractivity contribution in [2.24, 2.45) is 7.05 Å². The maximum atomic E-state index is 12.4. The topological polar surface area (TPSA) is 92.7 Å². The van der Waals surface area contributed by atoms with Crippen LogP contribution < -0.4 is 4.72 Å². The molecule has 2 aromatic rings. The van der Waals surface area contributed by atoms with Crippen molar-refractivity contribution in [3.05, 3.63) is 29.6 Å². The quantitative estimate of drug-likeness (QED) is 0.868. The number of aryl methyl sites for hydroxylation is 2. The van der Waals surface area contributed by atoms with Crippen LogP contribution in [0.5, 0.6) is 0 Å². The second-order valence-corrected chi connectivity index (χ2v) is 6.09. The molecule has 0 fully saturated rings. The highest BCUT2D eigenvalue weighted by Gasteiger charge is 2.26. The lowest BCUT2D eigenvalue weighted by atomic mass is 10.3. The van der Waals surface area contributed by atoms with Gasteiger partial charge in [-0.05, 0) is 20.8 Å². The van der Waals surface area contributed by atoms with Gasteiger partial charge < -0.3 is 4.98 Å². The monoisotopic (exact) mass is 283 g/mol. The summed E-state index contributed by atoms with van der Waals surface area (Å²) in [7, 11) is -1.90. The first-order chi connectivity index (χ1) is 8.83. The third-order valence-corrected chi connectivity index (χ3v) is 4.76. The van der Waals surface area contributed by atoms with E-state index in [1.54, 1.807) is 44.9 Å². The fourth-order valence-electron chi connectivity index (χ4n) is 2.00. The van der Waals surface area contributed by atoms with Gasteiger partial charge in [0.1, 0.15) is 10.7 Å². The van der Waals surface area contributed by atoms with Crippen molar-refractivity contribution < 1.29 is 8.42 Å². The zero-order valence-corrected chi connectivity index (χ0v) is 12.1. The van der Waals surface area contributed by atoms with Crippen LogP contribution in [0.1, 0.15) is 30.2 Å². The van der Waals surface area contributed by atoms with Gasteiger partial charge in [-0.15, -0.1) is 0 Å². The first-order valence-electron chi connectivity index (χ1n) is 5.84. The van der Waals surface area contributed by atoms with Crippen molar-refractivity contribution in [1.29, 1.82) is 0 Å². The zero-order chi connectivity index (χ0) is 14.2. The van der Waals surface area contributed by atoms with Crippen LogP contribution in [-0.2, 0) is 17.1 Å². The van der Waals surface area contributed by atoms with E-state index in [0.29, 0.717) is 17.2 Å². The average Bonchev–Trinajstić information content (AvgIpc) is 2.87. The van der Waals surface area contributed by atoms with Gasteiger partial charge in [0.05, 0.1) is 17.4 Å². The Morgan fingerprint density at radius 1 is 1.42 bits per heavy atom. The molecule has 0 aromatic carbocycles. The van der Waals surface area contributed by atoms with Crippen LogP contribution in [0.4, 0.5) is 0 Å². The number of nitrogens with one attached hydrogen (secondary N) is 2. The summed E-state index contributed by atoms with van der Waals surface area (Å²) in [6.45, 7) is 5.14. The summed E-state index contributed by atoms with van der Waals surface area (Å²) in [5, 5.41) is 4.12. The van der Waals surface area contributed by atoms with Crippen molar-refractivity contribution in [3.8, 4) is 0 Å². The molecule has 19 heavy (non-hydrogen) atoms. The predicted octanol–water partition coefficient (Wildman–Crippen LogP) is 0.800. The Morgan fingerprint density at radius 2 is 2.11 bits per heavy atom. The number of hydrogen-bond acceptors (Lipinski definition) is 4. The molecule has 2 rings (SSSR count). The molecule has 2 aromatic heterocycles. The van der Waals surface area contributed by atoms with E-state index in [9.17, 15) is 8.42 Å². The van der Waals surface area contributed by atoms with Crippen LogP contribution in [0.3, 0.4) is 0 Å². The van der Waals surface area contributed by atoms with E-state index in [1.807, 2.05) is 0 Å². The van der Waals surface area contributed by atoms with Crippen LogP contribution in [0.15, 0.2) is 17.3 Å². The number of hydrogen-bond donors (Lipinski definition) is 2. The molecule has 0 bridgehead atoms. The van der Waals surface area contributed by atoms with E-state index < -0.39 is 16.1 Å². The lowest BCUT2D eigenvalue weighted by Crippen LogP contribution is -2.28. The minimum atomic E-state index is -3.62. The lowest BCUT2D eigenvalue weighted by molar-refractivity contribution is 0.559. The van der Waals surface area contributed by atoms with Gasteiger partial charge in [0.2, 0.25) is 10.0 Å². The molecule has 7 nitrogen and oxygen atoms in total. The first kappa shape index (κ1) is 13.8. The smallest absolute Gasteiger partial charge is 0.244 e. The number of nitrogens with zero attached hydrogens (tertiary/aromatic N) is 3. The molecule has 1 unspecified atom stereocenters. The van der Waals surface area contributed by atoms with Gasteiger partial charge in [0.25, 0.3) is 0 Å². The highest BCUT2D eigenvalue weighted by molar-refractivity contribution is 7.89. The zero-order valence-electron chi connectivity index (χ0n) is 11.3. The van der Waals surface area contributed by atoms with Crippen LogP contribution in [0.25, 0.3) is 0 Å². The van der Waals surface area contributed by atoms with E-state index in [2.05, 4.69) is 19.8 Å². The highest BCUT2D eigenvalue weighted by Crippen LogP contribution is 2.20. The molecule has 0 amide bonds. The molecule has 8 heteroatoms. The number of rotatable bonds is 4. The number of aromatic nitrogens is 4. The second-order valence-electron chi connectivity index (χ2n) is 4.44. The summed E-state index contributed by atoms with van der Waals surface area (Å²) in [6, 6.07) is -0.431. The average molecular weight is 283 g/mol. The Bertz CT molecular complexity index is 672. The van der Waals surface area contributed by atoms with Gasteiger partial charge in [0, 0.05) is 19.4 Å². The third kappa shape index (κ3) is 2.54. The van der Waals surface area contributed by atoms with Crippen molar-refractivity contribution >= 4 is 10.0 Å². The van der Waals surface area contributed by atoms with Crippen molar-refractivity contribution in [3.63, 3.8) is 0 Å². The van der Waals surface area contributed by atoms with Crippen molar-refractivity contribution in [1.82, 2.24) is 24.5 Å². The summed E-state index contributed by atoms with van der Waals surface area (Å²) >= 11 is 0. The Morgan fingerprint density at radius 3 is 2.58 bits per heavy atom. The maximum absolute atomic E-state index is 12.4. The van der Waals surface area contributed by atoms with E-state index in [0.717, 1.165) is 0 Å². The van der Waals surface area contributed by atoms with E-state index >= 15 is 0 Å².